The van der Waals surface area contributed by atoms with Crippen LogP contribution in [0.4, 0.5) is 0 Å². The molecular weight excluding hydrogens is 168 g/mol. The molecule has 0 bridgehead atoms. The van der Waals surface area contributed by atoms with E-state index >= 15 is 0 Å². The van der Waals surface area contributed by atoms with E-state index in [1.807, 2.05) is 6.92 Å². The number of hydrogen-bond acceptors (Lipinski definition) is 3. The van der Waals surface area contributed by atoms with E-state index in [4.69, 9.17) is 10.8 Å². The van der Waals surface area contributed by atoms with Gasteiger partial charge < -0.3 is 16.2 Å². The highest BCUT2D eigenvalue weighted by atomic mass is 16.3. The molecular formula is C9H18N2O2. The van der Waals surface area contributed by atoms with Crippen LogP contribution < -0.4 is 11.1 Å². The van der Waals surface area contributed by atoms with Gasteiger partial charge >= 0.3 is 0 Å². The summed E-state index contributed by atoms with van der Waals surface area (Å²) in [5.74, 6) is 0.292. The third-order valence-corrected chi connectivity index (χ3v) is 2.41. The molecule has 1 atom stereocenters. The Morgan fingerprint density at radius 1 is 1.69 bits per heavy atom. The Balaban J connectivity index is 2.11. The summed E-state index contributed by atoms with van der Waals surface area (Å²) in [7, 11) is 0. The van der Waals surface area contributed by atoms with Gasteiger partial charge in [0.2, 0.25) is 5.91 Å². The maximum Gasteiger partial charge on any atom is 0.220 e. The van der Waals surface area contributed by atoms with Gasteiger partial charge in [0.15, 0.2) is 0 Å². The highest BCUT2D eigenvalue weighted by Crippen LogP contribution is 2.19. The Morgan fingerprint density at radius 2 is 2.31 bits per heavy atom. The van der Waals surface area contributed by atoms with Gasteiger partial charge in [-0.1, -0.05) is 6.92 Å². The molecule has 0 aromatic heterocycles. The van der Waals surface area contributed by atoms with Crippen molar-refractivity contribution >= 4 is 5.91 Å². The third-order valence-electron chi connectivity index (χ3n) is 2.41. The summed E-state index contributed by atoms with van der Waals surface area (Å²) >= 11 is 0. The molecule has 4 N–H and O–H groups in total. The Kier molecular flexibility index (Phi) is 3.69. The predicted octanol–water partition coefficient (Wildman–Crippen LogP) is -0.389. The average molecular weight is 186 g/mol. The molecule has 1 amide bonds. The van der Waals surface area contributed by atoms with Crippen LogP contribution in [-0.4, -0.2) is 29.7 Å². The minimum absolute atomic E-state index is 0.0508. The van der Waals surface area contributed by atoms with Crippen molar-refractivity contribution in [1.29, 1.82) is 0 Å². The number of aliphatic hydroxyl groups excluding tert-OH is 1. The second-order valence-corrected chi connectivity index (χ2v) is 3.93. The van der Waals surface area contributed by atoms with Crippen molar-refractivity contribution in [1.82, 2.24) is 5.32 Å². The number of carbonyl (C=O) groups excluding carboxylic acids is 1. The molecule has 4 heteroatoms. The van der Waals surface area contributed by atoms with E-state index in [0.717, 1.165) is 0 Å². The van der Waals surface area contributed by atoms with Crippen LogP contribution in [0.1, 0.15) is 26.2 Å². The molecule has 0 radical (unpaired) electrons. The number of nitrogens with two attached hydrogens (primary N) is 1. The molecule has 1 aliphatic rings. The zero-order valence-electron chi connectivity index (χ0n) is 7.99. The van der Waals surface area contributed by atoms with Crippen molar-refractivity contribution in [3.8, 4) is 0 Å². The summed E-state index contributed by atoms with van der Waals surface area (Å²) in [4.78, 5) is 11.3. The Hall–Kier alpha value is -0.610. The molecule has 4 nitrogen and oxygen atoms in total. The fourth-order valence-corrected chi connectivity index (χ4v) is 1.39. The zero-order valence-corrected chi connectivity index (χ0v) is 7.99. The lowest BCUT2D eigenvalue weighted by atomic mass is 9.89. The molecule has 1 aliphatic carbocycles. The smallest absolute Gasteiger partial charge is 0.220 e. The van der Waals surface area contributed by atoms with E-state index in [1.165, 1.54) is 0 Å². The van der Waals surface area contributed by atoms with E-state index in [9.17, 15) is 4.79 Å². The molecule has 0 aromatic carbocycles. The first-order valence-electron chi connectivity index (χ1n) is 4.79. The molecule has 0 spiro atoms. The number of carbonyl (C=O) groups is 1. The van der Waals surface area contributed by atoms with Crippen LogP contribution >= 0.6 is 0 Å². The topological polar surface area (TPSA) is 75.4 Å². The number of hydrogen-bond donors (Lipinski definition) is 3. The van der Waals surface area contributed by atoms with Crippen molar-refractivity contribution in [2.75, 3.05) is 6.54 Å². The number of amides is 1. The molecule has 1 unspecified atom stereocenters. The lowest BCUT2D eigenvalue weighted by Crippen LogP contribution is -2.47. The van der Waals surface area contributed by atoms with Crippen molar-refractivity contribution in [2.24, 2.45) is 11.7 Å². The SMILES string of the molecule is CC(CN)CC(=O)NC1CC(O)C1. The fourth-order valence-electron chi connectivity index (χ4n) is 1.39. The van der Waals surface area contributed by atoms with Gasteiger partial charge in [-0.15, -0.1) is 0 Å². The quantitative estimate of drug-likeness (QED) is 0.559. The van der Waals surface area contributed by atoms with Gasteiger partial charge in [-0.05, 0) is 25.3 Å². The van der Waals surface area contributed by atoms with Gasteiger partial charge in [0, 0.05) is 12.5 Å². The van der Waals surface area contributed by atoms with E-state index in [-0.39, 0.29) is 24.0 Å². The highest BCUT2D eigenvalue weighted by molar-refractivity contribution is 5.76. The predicted molar refractivity (Wildman–Crippen MR) is 50.0 cm³/mol. The summed E-state index contributed by atoms with van der Waals surface area (Å²) < 4.78 is 0. The van der Waals surface area contributed by atoms with Crippen molar-refractivity contribution in [3.63, 3.8) is 0 Å². The summed E-state index contributed by atoms with van der Waals surface area (Å²) in [5.41, 5.74) is 5.40. The van der Waals surface area contributed by atoms with Gasteiger partial charge in [-0.2, -0.15) is 0 Å². The second-order valence-electron chi connectivity index (χ2n) is 3.93. The Bertz CT molecular complexity index is 178. The van der Waals surface area contributed by atoms with Crippen LogP contribution in [0, 0.1) is 5.92 Å². The number of aliphatic hydroxyl groups is 1. The molecule has 0 saturated heterocycles. The van der Waals surface area contributed by atoms with Crippen molar-refractivity contribution in [2.45, 2.75) is 38.3 Å². The summed E-state index contributed by atoms with van der Waals surface area (Å²) in [6.07, 6.45) is 1.67. The van der Waals surface area contributed by atoms with Gasteiger partial charge in [0.25, 0.3) is 0 Å². The zero-order chi connectivity index (χ0) is 9.84. The van der Waals surface area contributed by atoms with Gasteiger partial charge in [-0.25, -0.2) is 0 Å². The van der Waals surface area contributed by atoms with Crippen LogP contribution in [0.5, 0.6) is 0 Å². The van der Waals surface area contributed by atoms with Crippen molar-refractivity contribution < 1.29 is 9.90 Å². The first-order chi connectivity index (χ1) is 6.11. The standard InChI is InChI=1S/C9H18N2O2/c1-6(5-10)2-9(13)11-7-3-8(12)4-7/h6-8,12H,2-5,10H2,1H3,(H,11,13). The Morgan fingerprint density at radius 3 is 2.77 bits per heavy atom. The molecule has 1 fully saturated rings. The lowest BCUT2D eigenvalue weighted by Gasteiger charge is -2.32. The highest BCUT2D eigenvalue weighted by Gasteiger charge is 2.28. The molecule has 13 heavy (non-hydrogen) atoms. The van der Waals surface area contributed by atoms with Crippen LogP contribution in [0.3, 0.4) is 0 Å². The van der Waals surface area contributed by atoms with E-state index in [2.05, 4.69) is 5.32 Å². The van der Waals surface area contributed by atoms with Gasteiger partial charge in [0.05, 0.1) is 6.10 Å². The molecule has 1 saturated carbocycles. The van der Waals surface area contributed by atoms with Crippen LogP contribution in [0.25, 0.3) is 0 Å². The van der Waals surface area contributed by atoms with E-state index < -0.39 is 0 Å². The van der Waals surface area contributed by atoms with Gasteiger partial charge in [0.1, 0.15) is 0 Å². The molecule has 76 valence electrons. The summed E-state index contributed by atoms with van der Waals surface area (Å²) in [6.45, 7) is 2.50. The first kappa shape index (κ1) is 10.5. The number of nitrogens with one attached hydrogen (secondary N) is 1. The van der Waals surface area contributed by atoms with Gasteiger partial charge in [-0.3, -0.25) is 4.79 Å². The number of rotatable bonds is 4. The first-order valence-corrected chi connectivity index (χ1v) is 4.79. The summed E-state index contributed by atoms with van der Waals surface area (Å²) in [5, 5.41) is 11.8. The molecule has 0 aromatic rings. The van der Waals surface area contributed by atoms with E-state index in [0.29, 0.717) is 25.8 Å². The Labute approximate surface area is 78.5 Å². The minimum atomic E-state index is -0.211. The molecule has 0 heterocycles. The average Bonchev–Trinajstić information content (AvgIpc) is 2.01. The van der Waals surface area contributed by atoms with Crippen LogP contribution in [0.2, 0.25) is 0 Å². The lowest BCUT2D eigenvalue weighted by molar-refractivity contribution is -0.123. The van der Waals surface area contributed by atoms with E-state index in [1.54, 1.807) is 0 Å². The summed E-state index contributed by atoms with van der Waals surface area (Å²) in [6, 6.07) is 0.187. The maximum atomic E-state index is 11.3. The fraction of sp³-hybridized carbons (Fsp3) is 0.889. The maximum absolute atomic E-state index is 11.3. The van der Waals surface area contributed by atoms with Crippen LogP contribution in [0.15, 0.2) is 0 Å². The largest absolute Gasteiger partial charge is 0.393 e. The minimum Gasteiger partial charge on any atom is -0.393 e. The third kappa shape index (κ3) is 3.32. The van der Waals surface area contributed by atoms with Crippen LogP contribution in [-0.2, 0) is 4.79 Å². The molecule has 0 aliphatic heterocycles. The second kappa shape index (κ2) is 4.58. The monoisotopic (exact) mass is 186 g/mol. The normalized spacial score (nSPS) is 29.2. The molecule has 1 rings (SSSR count). The van der Waals surface area contributed by atoms with Crippen molar-refractivity contribution in [3.05, 3.63) is 0 Å².